The quantitative estimate of drug-likeness (QED) is 0.550. The van der Waals surface area contributed by atoms with Crippen molar-refractivity contribution in [3.05, 3.63) is 29.8 Å². The van der Waals surface area contributed by atoms with Gasteiger partial charge < -0.3 is 14.8 Å². The van der Waals surface area contributed by atoms with E-state index in [0.717, 1.165) is 17.0 Å². The molecule has 26 heavy (non-hydrogen) atoms. The number of amides is 3. The van der Waals surface area contributed by atoms with Gasteiger partial charge in [-0.2, -0.15) is 0 Å². The van der Waals surface area contributed by atoms with E-state index >= 15 is 0 Å². The predicted octanol–water partition coefficient (Wildman–Crippen LogP) is 1.48. The van der Waals surface area contributed by atoms with Crippen LogP contribution in [-0.2, 0) is 14.3 Å². The Bertz CT molecular complexity index is 662. The van der Waals surface area contributed by atoms with Crippen LogP contribution in [0.1, 0.15) is 23.2 Å². The fraction of sp³-hybridized carbons (Fsp3) is 0.438. The van der Waals surface area contributed by atoms with Crippen LogP contribution >= 0.6 is 0 Å². The van der Waals surface area contributed by atoms with Crippen molar-refractivity contribution < 1.29 is 37.0 Å². The molecule has 0 aromatic heterocycles. The zero-order valence-electron chi connectivity index (χ0n) is 13.7. The Labute approximate surface area is 147 Å². The number of rotatable bonds is 8. The lowest BCUT2D eigenvalue weighted by Gasteiger charge is -2.13. The summed E-state index contributed by atoms with van der Waals surface area (Å²) in [5.74, 6) is -1.52. The molecule has 0 radical (unpaired) electrons. The second kappa shape index (κ2) is 8.65. The molecule has 7 nitrogen and oxygen atoms in total. The first-order valence-electron chi connectivity index (χ1n) is 7.81. The maximum absolute atomic E-state index is 12.2. The van der Waals surface area contributed by atoms with Crippen molar-refractivity contribution in [1.82, 2.24) is 10.2 Å². The molecule has 2 rings (SSSR count). The van der Waals surface area contributed by atoms with Crippen LogP contribution < -0.4 is 10.1 Å². The predicted molar refractivity (Wildman–Crippen MR) is 82.2 cm³/mol. The minimum absolute atomic E-state index is 0.0139. The van der Waals surface area contributed by atoms with Crippen LogP contribution in [0.3, 0.4) is 0 Å². The van der Waals surface area contributed by atoms with Crippen LogP contribution in [-0.4, -0.2) is 55.3 Å². The molecule has 0 unspecified atom stereocenters. The number of hydrogen-bond acceptors (Lipinski definition) is 5. The Hall–Kier alpha value is -2.62. The highest BCUT2D eigenvalue weighted by Crippen LogP contribution is 2.23. The first-order chi connectivity index (χ1) is 12.3. The second-order valence-electron chi connectivity index (χ2n) is 5.38. The molecule has 0 aliphatic carbocycles. The van der Waals surface area contributed by atoms with Crippen molar-refractivity contribution in [2.75, 3.05) is 26.3 Å². The van der Waals surface area contributed by atoms with Gasteiger partial charge in [-0.3, -0.25) is 19.3 Å². The Morgan fingerprint density at radius 1 is 1.15 bits per heavy atom. The van der Waals surface area contributed by atoms with Crippen LogP contribution in [0, 0.1) is 0 Å². The molecule has 3 amide bonds. The molecular formula is C16H17F3N2O5. The minimum Gasteiger partial charge on any atom is -0.406 e. The summed E-state index contributed by atoms with van der Waals surface area (Å²) in [4.78, 5) is 35.8. The third kappa shape index (κ3) is 6.03. The Kier molecular flexibility index (Phi) is 6.56. The molecule has 1 saturated heterocycles. The zero-order valence-corrected chi connectivity index (χ0v) is 13.7. The number of benzene rings is 1. The summed E-state index contributed by atoms with van der Waals surface area (Å²) in [6.07, 6.45) is -4.40. The Morgan fingerprint density at radius 3 is 2.50 bits per heavy atom. The molecule has 1 N–H and O–H groups in total. The lowest BCUT2D eigenvalue weighted by molar-refractivity contribution is -0.274. The first kappa shape index (κ1) is 19.7. The zero-order chi connectivity index (χ0) is 19.2. The Balaban J connectivity index is 1.68. The summed E-state index contributed by atoms with van der Waals surface area (Å²) < 4.78 is 45.5. The van der Waals surface area contributed by atoms with Gasteiger partial charge in [-0.05, 0) is 18.2 Å². The minimum atomic E-state index is -4.83. The normalized spacial score (nSPS) is 14.7. The smallest absolute Gasteiger partial charge is 0.406 e. The van der Waals surface area contributed by atoms with E-state index in [1.54, 1.807) is 0 Å². The third-order valence-corrected chi connectivity index (χ3v) is 3.48. The summed E-state index contributed by atoms with van der Waals surface area (Å²) in [6, 6.07) is 4.70. The highest BCUT2D eigenvalue weighted by molar-refractivity contribution is 6.01. The number of ether oxygens (including phenoxy) is 2. The summed E-state index contributed by atoms with van der Waals surface area (Å²) in [7, 11) is 0. The largest absolute Gasteiger partial charge is 0.573 e. The standard InChI is InChI=1S/C16H17F3N2O5/c17-16(18,19)26-12-3-1-2-11(10-12)15(24)20-6-8-25-9-7-21-13(22)4-5-14(21)23/h1-3,10H,4-9H2,(H,20,24). The van der Waals surface area contributed by atoms with E-state index in [-0.39, 0.29) is 56.5 Å². The molecule has 0 spiro atoms. The van der Waals surface area contributed by atoms with E-state index in [4.69, 9.17) is 4.74 Å². The first-order valence-corrected chi connectivity index (χ1v) is 7.81. The van der Waals surface area contributed by atoms with Gasteiger partial charge in [-0.25, -0.2) is 0 Å². The maximum Gasteiger partial charge on any atom is 0.573 e. The molecule has 1 aliphatic heterocycles. The van der Waals surface area contributed by atoms with Gasteiger partial charge in [0.1, 0.15) is 5.75 Å². The molecule has 1 aromatic carbocycles. The van der Waals surface area contributed by atoms with Gasteiger partial charge in [0.25, 0.3) is 5.91 Å². The Morgan fingerprint density at radius 2 is 1.85 bits per heavy atom. The van der Waals surface area contributed by atoms with Crippen molar-refractivity contribution in [3.8, 4) is 5.75 Å². The van der Waals surface area contributed by atoms with E-state index in [1.807, 2.05) is 0 Å². The third-order valence-electron chi connectivity index (χ3n) is 3.48. The molecule has 1 aromatic rings. The van der Waals surface area contributed by atoms with Gasteiger partial charge in [-0.15, -0.1) is 13.2 Å². The highest BCUT2D eigenvalue weighted by Gasteiger charge is 2.31. The molecule has 10 heteroatoms. The van der Waals surface area contributed by atoms with Crippen molar-refractivity contribution >= 4 is 17.7 Å². The average molecular weight is 374 g/mol. The average Bonchev–Trinajstić information content (AvgIpc) is 2.88. The van der Waals surface area contributed by atoms with Crippen LogP contribution in [0.25, 0.3) is 0 Å². The number of carbonyl (C=O) groups excluding carboxylic acids is 3. The number of nitrogens with zero attached hydrogens (tertiary/aromatic N) is 1. The van der Waals surface area contributed by atoms with Crippen molar-refractivity contribution in [2.45, 2.75) is 19.2 Å². The van der Waals surface area contributed by atoms with Gasteiger partial charge in [0.2, 0.25) is 11.8 Å². The molecule has 0 atom stereocenters. The number of alkyl halides is 3. The van der Waals surface area contributed by atoms with Gasteiger partial charge >= 0.3 is 6.36 Å². The number of carbonyl (C=O) groups is 3. The van der Waals surface area contributed by atoms with Crippen molar-refractivity contribution in [1.29, 1.82) is 0 Å². The van der Waals surface area contributed by atoms with Crippen LogP contribution in [0.4, 0.5) is 13.2 Å². The second-order valence-corrected chi connectivity index (χ2v) is 5.38. The van der Waals surface area contributed by atoms with Crippen molar-refractivity contribution in [2.24, 2.45) is 0 Å². The van der Waals surface area contributed by atoms with Gasteiger partial charge in [0.05, 0.1) is 19.8 Å². The number of hydrogen-bond donors (Lipinski definition) is 1. The summed E-state index contributed by atoms with van der Waals surface area (Å²) in [5, 5.41) is 2.49. The SMILES string of the molecule is O=C(NCCOCCN1C(=O)CCC1=O)c1cccc(OC(F)(F)F)c1. The lowest BCUT2D eigenvalue weighted by Crippen LogP contribution is -2.33. The van der Waals surface area contributed by atoms with E-state index in [0.29, 0.717) is 0 Å². The molecule has 1 fully saturated rings. The molecule has 1 heterocycles. The maximum atomic E-state index is 12.2. The van der Waals surface area contributed by atoms with Crippen LogP contribution in [0.15, 0.2) is 24.3 Å². The fourth-order valence-electron chi connectivity index (χ4n) is 2.30. The highest BCUT2D eigenvalue weighted by atomic mass is 19.4. The number of nitrogens with one attached hydrogen (secondary N) is 1. The topological polar surface area (TPSA) is 84.9 Å². The lowest BCUT2D eigenvalue weighted by atomic mass is 10.2. The number of halogens is 3. The summed E-state index contributed by atoms with van der Waals surface area (Å²) in [5.41, 5.74) is 0.0139. The van der Waals surface area contributed by atoms with E-state index in [9.17, 15) is 27.6 Å². The van der Waals surface area contributed by atoms with Crippen molar-refractivity contribution in [3.63, 3.8) is 0 Å². The summed E-state index contributed by atoms with van der Waals surface area (Å²) in [6.45, 7) is 0.538. The van der Waals surface area contributed by atoms with Gasteiger partial charge in [0.15, 0.2) is 0 Å². The molecule has 1 aliphatic rings. The van der Waals surface area contributed by atoms with E-state index in [1.165, 1.54) is 12.1 Å². The van der Waals surface area contributed by atoms with Gasteiger partial charge in [0, 0.05) is 24.9 Å². The molecular weight excluding hydrogens is 357 g/mol. The van der Waals surface area contributed by atoms with E-state index in [2.05, 4.69) is 10.1 Å². The monoisotopic (exact) mass is 374 g/mol. The molecule has 142 valence electrons. The summed E-state index contributed by atoms with van der Waals surface area (Å²) >= 11 is 0. The van der Waals surface area contributed by atoms with Crippen LogP contribution in [0.5, 0.6) is 5.75 Å². The van der Waals surface area contributed by atoms with E-state index < -0.39 is 18.0 Å². The molecule has 0 saturated carbocycles. The molecule has 0 bridgehead atoms. The van der Waals surface area contributed by atoms with Crippen LogP contribution in [0.2, 0.25) is 0 Å². The fourth-order valence-corrected chi connectivity index (χ4v) is 2.30. The van der Waals surface area contributed by atoms with Gasteiger partial charge in [-0.1, -0.05) is 6.07 Å². The number of imide groups is 1. The number of likely N-dealkylation sites (tertiary alicyclic amines) is 1.